The third kappa shape index (κ3) is 5.30. The van der Waals surface area contributed by atoms with E-state index in [1.165, 1.54) is 24.3 Å². The Hall–Kier alpha value is -1.44. The van der Waals surface area contributed by atoms with Crippen LogP contribution in [0.2, 0.25) is 0 Å². The van der Waals surface area contributed by atoms with Crippen LogP contribution in [0.4, 0.5) is 13.2 Å². The van der Waals surface area contributed by atoms with Crippen molar-refractivity contribution in [2.24, 2.45) is 5.73 Å². The average molecular weight is 413 g/mol. The van der Waals surface area contributed by atoms with Crippen LogP contribution in [-0.4, -0.2) is 13.5 Å². The van der Waals surface area contributed by atoms with Crippen LogP contribution in [0.1, 0.15) is 17.2 Å². The molecule has 0 amide bonds. The highest BCUT2D eigenvalue weighted by atomic mass is 79.9. The van der Waals surface area contributed by atoms with E-state index in [0.717, 1.165) is 10.0 Å². The molecule has 2 aromatic carbocycles. The van der Waals surface area contributed by atoms with E-state index < -0.39 is 12.4 Å². The third-order valence-corrected chi connectivity index (χ3v) is 3.63. The molecule has 23 heavy (non-hydrogen) atoms. The number of ether oxygens (including phenoxy) is 2. The quantitative estimate of drug-likeness (QED) is 0.782. The SMILES string of the molecule is COc1ccc([C@@H](N)c2ccc(OC(F)(F)F)cc2)cc1Br.Cl. The summed E-state index contributed by atoms with van der Waals surface area (Å²) in [5, 5.41) is 0. The maximum atomic E-state index is 12.1. The van der Waals surface area contributed by atoms with Crippen LogP contribution in [0.15, 0.2) is 46.9 Å². The van der Waals surface area contributed by atoms with Crippen molar-refractivity contribution in [3.05, 3.63) is 58.1 Å². The number of halogens is 5. The summed E-state index contributed by atoms with van der Waals surface area (Å²) < 4.78 is 46.1. The van der Waals surface area contributed by atoms with Crippen molar-refractivity contribution < 1.29 is 22.6 Å². The molecule has 0 spiro atoms. The molecule has 0 fully saturated rings. The summed E-state index contributed by atoms with van der Waals surface area (Å²) in [6, 6.07) is 10.4. The predicted molar refractivity (Wildman–Crippen MR) is 87.1 cm³/mol. The Morgan fingerprint density at radius 2 is 1.61 bits per heavy atom. The minimum absolute atomic E-state index is 0. The van der Waals surface area contributed by atoms with Gasteiger partial charge in [0, 0.05) is 0 Å². The summed E-state index contributed by atoms with van der Waals surface area (Å²) in [6.45, 7) is 0. The van der Waals surface area contributed by atoms with E-state index in [1.54, 1.807) is 19.2 Å². The van der Waals surface area contributed by atoms with E-state index in [4.69, 9.17) is 10.5 Å². The van der Waals surface area contributed by atoms with Gasteiger partial charge in [-0.15, -0.1) is 25.6 Å². The average Bonchev–Trinajstić information content (AvgIpc) is 2.45. The van der Waals surface area contributed by atoms with Crippen LogP contribution < -0.4 is 15.2 Å². The Kier molecular flexibility index (Phi) is 6.73. The second-order valence-electron chi connectivity index (χ2n) is 4.49. The van der Waals surface area contributed by atoms with Gasteiger partial charge < -0.3 is 15.2 Å². The van der Waals surface area contributed by atoms with Crippen LogP contribution in [0, 0.1) is 0 Å². The Morgan fingerprint density at radius 3 is 2.09 bits per heavy atom. The van der Waals surface area contributed by atoms with E-state index >= 15 is 0 Å². The normalized spacial score (nSPS) is 12.3. The molecule has 0 heterocycles. The monoisotopic (exact) mass is 411 g/mol. The van der Waals surface area contributed by atoms with Crippen LogP contribution in [0.5, 0.6) is 11.5 Å². The number of nitrogens with two attached hydrogens (primary N) is 1. The molecule has 0 aliphatic rings. The van der Waals surface area contributed by atoms with E-state index in [-0.39, 0.29) is 18.2 Å². The van der Waals surface area contributed by atoms with Crippen LogP contribution >= 0.6 is 28.3 Å². The lowest BCUT2D eigenvalue weighted by atomic mass is 9.99. The maximum Gasteiger partial charge on any atom is 0.573 e. The molecule has 2 N–H and O–H groups in total. The van der Waals surface area contributed by atoms with Gasteiger partial charge in [-0.25, -0.2) is 0 Å². The first kappa shape index (κ1) is 19.6. The summed E-state index contributed by atoms with van der Waals surface area (Å²) in [6.07, 6.45) is -4.70. The molecular formula is C15H14BrClF3NO2. The van der Waals surface area contributed by atoms with E-state index in [9.17, 15) is 13.2 Å². The molecule has 0 radical (unpaired) electrons. The Morgan fingerprint density at radius 1 is 1.04 bits per heavy atom. The lowest BCUT2D eigenvalue weighted by Gasteiger charge is -2.15. The summed E-state index contributed by atoms with van der Waals surface area (Å²) in [4.78, 5) is 0. The fourth-order valence-electron chi connectivity index (χ4n) is 1.95. The lowest BCUT2D eigenvalue weighted by Crippen LogP contribution is -2.17. The summed E-state index contributed by atoms with van der Waals surface area (Å²) >= 11 is 3.37. The molecule has 0 saturated heterocycles. The molecule has 0 saturated carbocycles. The summed E-state index contributed by atoms with van der Waals surface area (Å²) in [5.41, 5.74) is 7.61. The molecule has 1 atom stereocenters. The van der Waals surface area contributed by atoms with Crippen molar-refractivity contribution in [1.82, 2.24) is 0 Å². The highest BCUT2D eigenvalue weighted by Crippen LogP contribution is 2.30. The molecule has 8 heteroatoms. The molecular weight excluding hydrogens is 399 g/mol. The van der Waals surface area contributed by atoms with Crippen molar-refractivity contribution in [2.45, 2.75) is 12.4 Å². The maximum absolute atomic E-state index is 12.1. The van der Waals surface area contributed by atoms with Crippen molar-refractivity contribution in [2.75, 3.05) is 7.11 Å². The van der Waals surface area contributed by atoms with E-state index in [0.29, 0.717) is 11.3 Å². The van der Waals surface area contributed by atoms with Gasteiger partial charge in [0.15, 0.2) is 0 Å². The van der Waals surface area contributed by atoms with Gasteiger partial charge in [0.25, 0.3) is 0 Å². The Balaban J connectivity index is 0.00000264. The first-order valence-corrected chi connectivity index (χ1v) is 7.04. The van der Waals surface area contributed by atoms with E-state index in [2.05, 4.69) is 20.7 Å². The van der Waals surface area contributed by atoms with Gasteiger partial charge in [-0.05, 0) is 51.3 Å². The first-order chi connectivity index (χ1) is 10.3. The molecule has 126 valence electrons. The highest BCUT2D eigenvalue weighted by Gasteiger charge is 2.31. The van der Waals surface area contributed by atoms with Crippen molar-refractivity contribution >= 4 is 28.3 Å². The van der Waals surface area contributed by atoms with Gasteiger partial charge in [-0.1, -0.05) is 18.2 Å². The topological polar surface area (TPSA) is 44.5 Å². The van der Waals surface area contributed by atoms with Crippen molar-refractivity contribution in [3.63, 3.8) is 0 Å². The minimum atomic E-state index is -4.70. The number of hydrogen-bond acceptors (Lipinski definition) is 3. The molecule has 0 aliphatic carbocycles. The number of methoxy groups -OCH3 is 1. The smallest absolute Gasteiger partial charge is 0.496 e. The largest absolute Gasteiger partial charge is 0.573 e. The number of rotatable bonds is 4. The Labute approximate surface area is 146 Å². The van der Waals surface area contributed by atoms with Crippen LogP contribution in [-0.2, 0) is 0 Å². The predicted octanol–water partition coefficient (Wildman–Crippen LogP) is 4.83. The molecule has 0 aliphatic heterocycles. The minimum Gasteiger partial charge on any atom is -0.496 e. The zero-order valence-corrected chi connectivity index (χ0v) is 14.3. The van der Waals surface area contributed by atoms with E-state index in [1.807, 2.05) is 6.07 Å². The highest BCUT2D eigenvalue weighted by molar-refractivity contribution is 9.10. The number of hydrogen-bond donors (Lipinski definition) is 1. The van der Waals surface area contributed by atoms with Crippen LogP contribution in [0.25, 0.3) is 0 Å². The third-order valence-electron chi connectivity index (χ3n) is 3.01. The van der Waals surface area contributed by atoms with Gasteiger partial charge >= 0.3 is 6.36 Å². The second-order valence-corrected chi connectivity index (χ2v) is 5.34. The van der Waals surface area contributed by atoms with Gasteiger partial charge in [0.05, 0.1) is 17.6 Å². The second kappa shape index (κ2) is 7.90. The first-order valence-electron chi connectivity index (χ1n) is 6.25. The fourth-order valence-corrected chi connectivity index (χ4v) is 2.50. The van der Waals surface area contributed by atoms with Crippen LogP contribution in [0.3, 0.4) is 0 Å². The molecule has 0 bridgehead atoms. The van der Waals surface area contributed by atoms with Gasteiger partial charge in [-0.3, -0.25) is 0 Å². The summed E-state index contributed by atoms with van der Waals surface area (Å²) in [5.74, 6) is 0.393. The number of benzene rings is 2. The zero-order valence-electron chi connectivity index (χ0n) is 11.9. The van der Waals surface area contributed by atoms with Gasteiger partial charge in [-0.2, -0.15) is 0 Å². The molecule has 0 unspecified atom stereocenters. The molecule has 2 rings (SSSR count). The van der Waals surface area contributed by atoms with Crippen molar-refractivity contribution in [1.29, 1.82) is 0 Å². The van der Waals surface area contributed by atoms with Gasteiger partial charge in [0.1, 0.15) is 11.5 Å². The summed E-state index contributed by atoms with van der Waals surface area (Å²) in [7, 11) is 1.55. The fraction of sp³-hybridized carbons (Fsp3) is 0.200. The molecule has 3 nitrogen and oxygen atoms in total. The standard InChI is InChI=1S/C15H13BrF3NO2.ClH/c1-21-13-7-4-10(8-12(13)16)14(20)9-2-5-11(6-3-9)22-15(17,18)19;/h2-8,14H,20H2,1H3;1H/t14-;/m0./s1. The number of alkyl halides is 3. The van der Waals surface area contributed by atoms with Gasteiger partial charge in [0.2, 0.25) is 0 Å². The van der Waals surface area contributed by atoms with Crippen molar-refractivity contribution in [3.8, 4) is 11.5 Å². The molecule has 0 aromatic heterocycles. The Bertz CT molecular complexity index is 650. The zero-order chi connectivity index (χ0) is 16.3. The lowest BCUT2D eigenvalue weighted by molar-refractivity contribution is -0.274. The molecule has 2 aromatic rings.